The summed E-state index contributed by atoms with van der Waals surface area (Å²) in [6.45, 7) is 3.09. The Bertz CT molecular complexity index is 531. The van der Waals surface area contributed by atoms with E-state index in [1.165, 1.54) is 0 Å². The van der Waals surface area contributed by atoms with Gasteiger partial charge in [-0.1, -0.05) is 25.1 Å². The van der Waals surface area contributed by atoms with Gasteiger partial charge < -0.3 is 9.50 Å². The van der Waals surface area contributed by atoms with Crippen molar-refractivity contribution in [3.63, 3.8) is 0 Å². The molecule has 0 spiro atoms. The Hall–Kier alpha value is -1.60. The Morgan fingerprint density at radius 2 is 1.90 bits per heavy atom. The van der Waals surface area contributed by atoms with Crippen LogP contribution in [0.3, 0.4) is 0 Å². The summed E-state index contributed by atoms with van der Waals surface area (Å²) in [5, 5.41) is 2.53. The van der Waals surface area contributed by atoms with Gasteiger partial charge in [-0.25, -0.2) is 0 Å². The summed E-state index contributed by atoms with van der Waals surface area (Å²) in [6, 6.07) is 8.38. The molecular formula is C14H22N2O4S. The smallest absolute Gasteiger partial charge is 0.310 e. The highest BCUT2D eigenvalue weighted by molar-refractivity contribution is 7.87. The van der Waals surface area contributed by atoms with E-state index >= 15 is 0 Å². The zero-order chi connectivity index (χ0) is 15.7. The van der Waals surface area contributed by atoms with Gasteiger partial charge in [0.25, 0.3) is 0 Å². The molecule has 0 bridgehead atoms. The molecule has 6 nitrogen and oxygen atoms in total. The molecule has 0 aromatic heterocycles. The second-order valence-electron chi connectivity index (χ2n) is 4.61. The number of hydrogen-bond acceptors (Lipinski definition) is 5. The molecule has 0 aliphatic heterocycles. The van der Waals surface area contributed by atoms with E-state index in [1.807, 2.05) is 6.92 Å². The van der Waals surface area contributed by atoms with Crippen LogP contribution < -0.4 is 9.50 Å². The molecular weight excluding hydrogens is 292 g/mol. The lowest BCUT2D eigenvalue weighted by Gasteiger charge is -2.20. The molecule has 0 atom stereocenters. The van der Waals surface area contributed by atoms with Crippen LogP contribution in [0.1, 0.15) is 13.3 Å². The first-order chi connectivity index (χ1) is 9.96. The predicted octanol–water partition coefficient (Wildman–Crippen LogP) is 0.853. The summed E-state index contributed by atoms with van der Waals surface area (Å²) >= 11 is 0. The average molecular weight is 314 g/mol. The van der Waals surface area contributed by atoms with Crippen LogP contribution >= 0.6 is 0 Å². The minimum absolute atomic E-state index is 0.134. The highest BCUT2D eigenvalue weighted by Gasteiger charge is 2.16. The van der Waals surface area contributed by atoms with Gasteiger partial charge in [-0.2, -0.15) is 8.42 Å². The van der Waals surface area contributed by atoms with Crippen molar-refractivity contribution in [2.45, 2.75) is 13.3 Å². The van der Waals surface area contributed by atoms with Gasteiger partial charge in [0.05, 0.1) is 12.3 Å². The van der Waals surface area contributed by atoms with Crippen LogP contribution in [0.15, 0.2) is 30.3 Å². The summed E-state index contributed by atoms with van der Waals surface area (Å²) in [6.07, 6.45) is 0.844. The van der Waals surface area contributed by atoms with E-state index in [1.54, 1.807) is 42.3 Å². The Labute approximate surface area is 126 Å². The van der Waals surface area contributed by atoms with Gasteiger partial charge in [-0.15, -0.1) is 0 Å². The molecule has 0 unspecified atom stereocenters. The molecule has 1 amide bonds. The molecule has 21 heavy (non-hydrogen) atoms. The van der Waals surface area contributed by atoms with Gasteiger partial charge in [-0.3, -0.25) is 9.69 Å². The van der Waals surface area contributed by atoms with Crippen molar-refractivity contribution < 1.29 is 17.4 Å². The summed E-state index contributed by atoms with van der Waals surface area (Å²) in [4.78, 5) is 13.2. The Morgan fingerprint density at radius 3 is 2.48 bits per heavy atom. The van der Waals surface area contributed by atoms with E-state index in [2.05, 4.69) is 5.32 Å². The van der Waals surface area contributed by atoms with Gasteiger partial charge in [0, 0.05) is 13.6 Å². The van der Waals surface area contributed by atoms with Crippen LogP contribution in [0.4, 0.5) is 0 Å². The fourth-order valence-corrected chi connectivity index (χ4v) is 2.74. The van der Waals surface area contributed by atoms with Crippen LogP contribution in [-0.2, 0) is 14.9 Å². The van der Waals surface area contributed by atoms with Crippen molar-refractivity contribution in [3.8, 4) is 5.75 Å². The molecule has 1 aromatic carbocycles. The van der Waals surface area contributed by atoms with Gasteiger partial charge >= 0.3 is 10.1 Å². The first-order valence-electron chi connectivity index (χ1n) is 6.87. The number of rotatable bonds is 9. The lowest BCUT2D eigenvalue weighted by molar-refractivity contribution is -0.121. The summed E-state index contributed by atoms with van der Waals surface area (Å²) in [5.41, 5.74) is 0. The normalized spacial score (nSPS) is 11.4. The molecule has 0 saturated heterocycles. The molecule has 0 heterocycles. The molecule has 0 radical (unpaired) electrons. The molecule has 0 saturated carbocycles. The van der Waals surface area contributed by atoms with Gasteiger partial charge in [-0.05, 0) is 25.1 Å². The van der Waals surface area contributed by atoms with Gasteiger partial charge in [0.1, 0.15) is 5.75 Å². The lowest BCUT2D eigenvalue weighted by Crippen LogP contribution is -2.39. The highest BCUT2D eigenvalue weighted by Crippen LogP contribution is 2.11. The topological polar surface area (TPSA) is 75.7 Å². The molecule has 1 rings (SSSR count). The maximum Gasteiger partial charge on any atom is 0.310 e. The van der Waals surface area contributed by atoms with Crippen LogP contribution in [-0.4, -0.2) is 51.7 Å². The molecule has 0 fully saturated rings. The number of nitrogens with one attached hydrogen (secondary N) is 1. The van der Waals surface area contributed by atoms with E-state index in [4.69, 9.17) is 4.18 Å². The Kier molecular flexibility index (Phi) is 7.18. The lowest BCUT2D eigenvalue weighted by atomic mass is 10.3. The van der Waals surface area contributed by atoms with Crippen LogP contribution in [0.25, 0.3) is 0 Å². The second kappa shape index (κ2) is 8.63. The summed E-state index contributed by atoms with van der Waals surface area (Å²) in [7, 11) is -2.11. The first kappa shape index (κ1) is 17.5. The van der Waals surface area contributed by atoms with E-state index in [-0.39, 0.29) is 24.7 Å². The average Bonchev–Trinajstić information content (AvgIpc) is 2.45. The number of benzene rings is 1. The van der Waals surface area contributed by atoms with E-state index in [0.29, 0.717) is 12.3 Å². The molecule has 7 heteroatoms. The van der Waals surface area contributed by atoms with Gasteiger partial charge in [0.2, 0.25) is 5.91 Å². The van der Waals surface area contributed by atoms with Crippen LogP contribution in [0, 0.1) is 0 Å². The maximum absolute atomic E-state index is 11.9. The monoisotopic (exact) mass is 314 g/mol. The highest BCUT2D eigenvalue weighted by atomic mass is 32.2. The van der Waals surface area contributed by atoms with E-state index in [9.17, 15) is 13.2 Å². The molecule has 1 N–H and O–H groups in total. The number of likely N-dealkylation sites (N-methyl/N-ethyl adjacent to an activating group) is 1. The molecule has 0 aliphatic carbocycles. The van der Waals surface area contributed by atoms with Crippen LogP contribution in [0.5, 0.6) is 5.75 Å². The summed E-state index contributed by atoms with van der Waals surface area (Å²) < 4.78 is 28.8. The molecule has 118 valence electrons. The zero-order valence-corrected chi connectivity index (χ0v) is 13.2. The summed E-state index contributed by atoms with van der Waals surface area (Å²) in [5.74, 6) is 0.00878. The van der Waals surface area contributed by atoms with Crippen molar-refractivity contribution in [2.24, 2.45) is 0 Å². The third-order valence-electron chi connectivity index (χ3n) is 2.81. The van der Waals surface area contributed by atoms with Crippen molar-refractivity contribution in [2.75, 3.05) is 32.4 Å². The Balaban J connectivity index is 2.55. The fourth-order valence-electron chi connectivity index (χ4n) is 1.77. The van der Waals surface area contributed by atoms with E-state index < -0.39 is 10.1 Å². The number of hydrogen-bond donors (Lipinski definition) is 1. The fraction of sp³-hybridized carbons (Fsp3) is 0.500. The minimum atomic E-state index is -3.66. The van der Waals surface area contributed by atoms with Crippen molar-refractivity contribution in [1.82, 2.24) is 10.2 Å². The number of carbonyl (C=O) groups excluding carboxylic acids is 1. The Morgan fingerprint density at radius 1 is 1.24 bits per heavy atom. The first-order valence-corrected chi connectivity index (χ1v) is 8.44. The number of amides is 1. The number of para-hydroxylation sites is 1. The maximum atomic E-state index is 11.9. The van der Waals surface area contributed by atoms with E-state index in [0.717, 1.165) is 6.42 Å². The zero-order valence-electron chi connectivity index (χ0n) is 12.4. The standard InChI is InChI=1S/C14H22N2O4S/c1-3-9-16(12-14(17)15-2)10-11-21(18,19)20-13-7-5-4-6-8-13/h4-8H,3,9-12H2,1-2H3,(H,15,17). The third-order valence-corrected chi connectivity index (χ3v) is 3.94. The molecule has 0 aliphatic rings. The third kappa shape index (κ3) is 7.10. The van der Waals surface area contributed by atoms with Gasteiger partial charge in [0.15, 0.2) is 0 Å². The number of carbonyl (C=O) groups is 1. The largest absolute Gasteiger partial charge is 0.382 e. The van der Waals surface area contributed by atoms with Crippen molar-refractivity contribution in [3.05, 3.63) is 30.3 Å². The second-order valence-corrected chi connectivity index (χ2v) is 6.30. The van der Waals surface area contributed by atoms with Crippen molar-refractivity contribution >= 4 is 16.0 Å². The van der Waals surface area contributed by atoms with Crippen LogP contribution in [0.2, 0.25) is 0 Å². The number of nitrogens with zero attached hydrogens (tertiary/aromatic N) is 1. The quantitative estimate of drug-likeness (QED) is 0.684. The SMILES string of the molecule is CCCN(CCS(=O)(=O)Oc1ccccc1)CC(=O)NC. The predicted molar refractivity (Wildman–Crippen MR) is 81.7 cm³/mol. The molecule has 1 aromatic rings. The minimum Gasteiger partial charge on any atom is -0.382 e. The van der Waals surface area contributed by atoms with Crippen molar-refractivity contribution in [1.29, 1.82) is 0 Å².